The summed E-state index contributed by atoms with van der Waals surface area (Å²) in [5.41, 5.74) is 4.36. The summed E-state index contributed by atoms with van der Waals surface area (Å²) in [6.07, 6.45) is 4.76. The summed E-state index contributed by atoms with van der Waals surface area (Å²) in [6.45, 7) is 6.06. The van der Waals surface area contributed by atoms with E-state index in [4.69, 9.17) is 0 Å². The summed E-state index contributed by atoms with van der Waals surface area (Å²) in [5.74, 6) is 0.814. The Kier molecular flexibility index (Phi) is 6.62. The molecule has 0 radical (unpaired) electrons. The number of aryl methyl sites for hydroxylation is 3. The Morgan fingerprint density at radius 2 is 1.81 bits per heavy atom. The van der Waals surface area contributed by atoms with E-state index in [-0.39, 0.29) is 5.54 Å². The maximum atomic E-state index is 10.3. The van der Waals surface area contributed by atoms with Gasteiger partial charge in [-0.05, 0) is 50.8 Å². The van der Waals surface area contributed by atoms with E-state index in [0.717, 1.165) is 57.0 Å². The van der Waals surface area contributed by atoms with Gasteiger partial charge in [-0.1, -0.05) is 36.4 Å². The summed E-state index contributed by atoms with van der Waals surface area (Å²) in [7, 11) is 0. The number of benzene rings is 1. The van der Waals surface area contributed by atoms with Crippen LogP contribution < -0.4 is 10.6 Å². The summed E-state index contributed by atoms with van der Waals surface area (Å²) in [5, 5.41) is 10.1. The van der Waals surface area contributed by atoms with Crippen molar-refractivity contribution in [2.24, 2.45) is 0 Å². The lowest BCUT2D eigenvalue weighted by molar-refractivity contribution is -0.110. The highest BCUT2D eigenvalue weighted by Gasteiger charge is 2.43. The van der Waals surface area contributed by atoms with Crippen molar-refractivity contribution >= 4 is 40.0 Å². The zero-order chi connectivity index (χ0) is 22.6. The van der Waals surface area contributed by atoms with E-state index in [9.17, 15) is 4.79 Å². The van der Waals surface area contributed by atoms with Gasteiger partial charge in [-0.3, -0.25) is 4.79 Å². The molecule has 1 aromatic carbocycles. The Bertz CT molecular complexity index is 1180. The van der Waals surface area contributed by atoms with E-state index in [1.54, 1.807) is 22.7 Å². The van der Waals surface area contributed by atoms with Gasteiger partial charge in [-0.25, -0.2) is 15.0 Å². The van der Waals surface area contributed by atoms with Crippen LogP contribution in [-0.2, 0) is 10.3 Å². The summed E-state index contributed by atoms with van der Waals surface area (Å²) in [4.78, 5) is 24.8. The minimum atomic E-state index is -0.0248. The second-order valence-corrected chi connectivity index (χ2v) is 9.80. The first-order valence-electron chi connectivity index (χ1n) is 10.4. The van der Waals surface area contributed by atoms with Gasteiger partial charge in [0.05, 0.1) is 26.8 Å². The number of carbonyl (C=O) groups is 1. The molecule has 4 aromatic rings. The number of carbonyl (C=O) groups excluding carboxylic acids is 1. The van der Waals surface area contributed by atoms with E-state index in [1.165, 1.54) is 5.56 Å². The number of rotatable bonds is 6. The standard InChI is InChI=1S/C14H14N4S2.C10H11NO/c1-8-4-5-12(15-6-8)18-14-17-11(7-19-14)13-9(2)16-10(3)20-13;12-8-11-10(6-7-10)9-4-2-1-3-5-9/h4-7H,1-3H3,(H,15,17,18);1-5,8H,6-7H2,(H,11,12). The van der Waals surface area contributed by atoms with E-state index < -0.39 is 0 Å². The number of pyridine rings is 1. The highest BCUT2D eigenvalue weighted by molar-refractivity contribution is 7.16. The topological polar surface area (TPSA) is 79.8 Å². The van der Waals surface area contributed by atoms with Crippen molar-refractivity contribution in [2.45, 2.75) is 39.2 Å². The quantitative estimate of drug-likeness (QED) is 0.356. The average Bonchev–Trinajstić information content (AvgIpc) is 3.30. The lowest BCUT2D eigenvalue weighted by atomic mass is 10.1. The number of nitrogens with one attached hydrogen (secondary N) is 2. The van der Waals surface area contributed by atoms with Crippen LogP contribution in [0.25, 0.3) is 10.6 Å². The van der Waals surface area contributed by atoms with E-state index in [0.29, 0.717) is 0 Å². The van der Waals surface area contributed by atoms with Crippen LogP contribution in [0.2, 0.25) is 0 Å². The van der Waals surface area contributed by atoms with Gasteiger partial charge < -0.3 is 10.6 Å². The van der Waals surface area contributed by atoms with E-state index in [2.05, 4.69) is 43.1 Å². The summed E-state index contributed by atoms with van der Waals surface area (Å²) < 4.78 is 0. The molecule has 8 heteroatoms. The lowest BCUT2D eigenvalue weighted by Crippen LogP contribution is -2.27. The molecule has 0 saturated heterocycles. The Balaban J connectivity index is 0.000000174. The normalized spacial score (nSPS) is 13.6. The minimum absolute atomic E-state index is 0.0248. The Labute approximate surface area is 195 Å². The zero-order valence-electron chi connectivity index (χ0n) is 18.3. The molecule has 2 N–H and O–H groups in total. The van der Waals surface area contributed by atoms with Gasteiger partial charge in [-0.2, -0.15) is 0 Å². The third-order valence-electron chi connectivity index (χ3n) is 5.20. The van der Waals surface area contributed by atoms with Crippen LogP contribution in [-0.4, -0.2) is 21.4 Å². The summed E-state index contributed by atoms with van der Waals surface area (Å²) in [6, 6.07) is 14.1. The average molecular weight is 464 g/mol. The highest BCUT2D eigenvalue weighted by Crippen LogP contribution is 2.44. The fourth-order valence-electron chi connectivity index (χ4n) is 3.37. The number of hydrogen-bond donors (Lipinski definition) is 2. The molecule has 0 unspecified atom stereocenters. The Morgan fingerprint density at radius 1 is 1.03 bits per heavy atom. The van der Waals surface area contributed by atoms with Crippen LogP contribution in [0.3, 0.4) is 0 Å². The number of hydrogen-bond acceptors (Lipinski definition) is 7. The first-order valence-corrected chi connectivity index (χ1v) is 12.1. The van der Waals surface area contributed by atoms with Crippen molar-refractivity contribution in [3.63, 3.8) is 0 Å². The predicted octanol–water partition coefficient (Wildman–Crippen LogP) is 5.75. The molecule has 3 aromatic heterocycles. The number of aromatic nitrogens is 3. The third-order valence-corrected chi connectivity index (χ3v) is 7.05. The molecular weight excluding hydrogens is 438 g/mol. The second kappa shape index (κ2) is 9.58. The van der Waals surface area contributed by atoms with Crippen molar-refractivity contribution < 1.29 is 4.79 Å². The summed E-state index contributed by atoms with van der Waals surface area (Å²) >= 11 is 3.26. The molecule has 1 aliphatic rings. The van der Waals surface area contributed by atoms with Crippen LogP contribution in [0, 0.1) is 20.8 Å². The van der Waals surface area contributed by atoms with Gasteiger partial charge in [0.25, 0.3) is 0 Å². The molecule has 0 aliphatic heterocycles. The fourth-order valence-corrected chi connectivity index (χ4v) is 5.03. The molecule has 32 heavy (non-hydrogen) atoms. The number of anilines is 2. The largest absolute Gasteiger partial charge is 0.349 e. The van der Waals surface area contributed by atoms with Gasteiger partial charge in [0.1, 0.15) is 5.82 Å². The molecule has 5 rings (SSSR count). The molecular formula is C24H25N5OS2. The zero-order valence-corrected chi connectivity index (χ0v) is 19.9. The molecule has 164 valence electrons. The molecule has 6 nitrogen and oxygen atoms in total. The van der Waals surface area contributed by atoms with Crippen molar-refractivity contribution in [3.05, 3.63) is 75.9 Å². The van der Waals surface area contributed by atoms with Crippen molar-refractivity contribution in [3.8, 4) is 10.6 Å². The molecule has 1 aliphatic carbocycles. The van der Waals surface area contributed by atoms with Crippen LogP contribution in [0.4, 0.5) is 10.9 Å². The van der Waals surface area contributed by atoms with Gasteiger partial charge in [-0.15, -0.1) is 22.7 Å². The maximum absolute atomic E-state index is 10.3. The predicted molar refractivity (Wildman–Crippen MR) is 132 cm³/mol. The Morgan fingerprint density at radius 3 is 2.41 bits per heavy atom. The van der Waals surface area contributed by atoms with E-state index >= 15 is 0 Å². The molecule has 0 bridgehead atoms. The number of amides is 1. The number of thiazole rings is 2. The van der Waals surface area contributed by atoms with Crippen LogP contribution in [0.5, 0.6) is 0 Å². The van der Waals surface area contributed by atoms with Crippen molar-refractivity contribution in [1.29, 1.82) is 0 Å². The SMILES string of the molecule is Cc1ccc(Nc2nc(-c3sc(C)nc3C)cs2)nc1.O=CNC1(c2ccccc2)CC1. The second-order valence-electron chi connectivity index (χ2n) is 7.74. The molecule has 3 heterocycles. The van der Waals surface area contributed by atoms with Crippen LogP contribution in [0.15, 0.2) is 54.0 Å². The first kappa shape index (κ1) is 22.1. The first-order chi connectivity index (χ1) is 15.5. The molecule has 1 saturated carbocycles. The van der Waals surface area contributed by atoms with Gasteiger partial charge >= 0.3 is 0 Å². The van der Waals surface area contributed by atoms with Gasteiger partial charge in [0.2, 0.25) is 6.41 Å². The lowest BCUT2D eigenvalue weighted by Gasteiger charge is -2.13. The van der Waals surface area contributed by atoms with Gasteiger partial charge in [0.15, 0.2) is 5.13 Å². The monoisotopic (exact) mass is 463 g/mol. The van der Waals surface area contributed by atoms with Crippen molar-refractivity contribution in [1.82, 2.24) is 20.3 Å². The van der Waals surface area contributed by atoms with Gasteiger partial charge in [0, 0.05) is 11.6 Å². The molecule has 1 amide bonds. The van der Waals surface area contributed by atoms with Crippen LogP contribution in [0.1, 0.15) is 34.7 Å². The van der Waals surface area contributed by atoms with Crippen LogP contribution >= 0.6 is 22.7 Å². The molecule has 1 fully saturated rings. The van der Waals surface area contributed by atoms with E-state index in [1.807, 2.05) is 57.3 Å². The number of nitrogens with zero attached hydrogens (tertiary/aromatic N) is 3. The minimum Gasteiger partial charge on any atom is -0.349 e. The highest BCUT2D eigenvalue weighted by atomic mass is 32.1. The smallest absolute Gasteiger partial charge is 0.207 e. The molecule has 0 spiro atoms. The third kappa shape index (κ3) is 5.20. The van der Waals surface area contributed by atoms with Crippen molar-refractivity contribution in [2.75, 3.05) is 5.32 Å². The fraction of sp³-hybridized carbons (Fsp3) is 0.250. The molecule has 0 atom stereocenters. The maximum Gasteiger partial charge on any atom is 0.207 e. The Hall–Kier alpha value is -3.10.